The predicted molar refractivity (Wildman–Crippen MR) is 257 cm³/mol. The van der Waals surface area contributed by atoms with Gasteiger partial charge in [-0.25, -0.2) is 4.98 Å². The Morgan fingerprint density at radius 2 is 1.43 bits per heavy atom. The minimum atomic E-state index is 0.426. The molecule has 9 rings (SSSR count). The van der Waals surface area contributed by atoms with Crippen LogP contribution < -0.4 is 15.5 Å². The number of hydrogen-bond donors (Lipinski definition) is 0. The van der Waals surface area contributed by atoms with Gasteiger partial charge in [0.25, 0.3) is 0 Å². The molecule has 1 aliphatic rings. The zero-order valence-electron chi connectivity index (χ0n) is 34.5. The Labute approximate surface area is 356 Å². The molecule has 0 fully saturated rings. The SMILES string of the molecule is C=C/C=C(\C=C\CC)n1c2c(c3ccccc31)/C=C\C(=C)c1ccccc1N(c1nc(/C(C=C)=c3/c(=C\C)n(-c4ccccc4)c4ccccc34)nc(-c3ccccc3)n1)C2. The van der Waals surface area contributed by atoms with E-state index in [0.717, 1.165) is 89.4 Å². The van der Waals surface area contributed by atoms with Gasteiger partial charge in [0.2, 0.25) is 5.95 Å². The Morgan fingerprint density at radius 1 is 0.738 bits per heavy atom. The van der Waals surface area contributed by atoms with Crippen LogP contribution in [0.25, 0.3) is 67.9 Å². The average Bonchev–Trinajstić information content (AvgIpc) is 3.82. The fourth-order valence-corrected chi connectivity index (χ4v) is 8.48. The van der Waals surface area contributed by atoms with Crippen molar-refractivity contribution in [3.8, 4) is 17.1 Å². The number of rotatable bonds is 9. The molecule has 6 nitrogen and oxygen atoms in total. The van der Waals surface area contributed by atoms with Crippen LogP contribution in [0, 0.1) is 0 Å². The fraction of sp³-hybridized carbons (Fsp3) is 0.0727. The van der Waals surface area contributed by atoms with Gasteiger partial charge in [-0.05, 0) is 61.4 Å². The molecule has 0 saturated heterocycles. The van der Waals surface area contributed by atoms with Crippen LogP contribution in [0.1, 0.15) is 42.9 Å². The summed E-state index contributed by atoms with van der Waals surface area (Å²) in [5.41, 5.74) is 10.9. The Kier molecular flexibility index (Phi) is 10.7. The number of nitrogens with zero attached hydrogens (tertiary/aromatic N) is 6. The van der Waals surface area contributed by atoms with Gasteiger partial charge in [-0.2, -0.15) is 9.97 Å². The zero-order valence-corrected chi connectivity index (χ0v) is 34.5. The van der Waals surface area contributed by atoms with E-state index >= 15 is 0 Å². The highest BCUT2D eigenvalue weighted by atomic mass is 15.3. The van der Waals surface area contributed by atoms with Crippen molar-refractivity contribution < 1.29 is 0 Å². The smallest absolute Gasteiger partial charge is 0.234 e. The molecule has 0 saturated carbocycles. The molecule has 1 aliphatic heterocycles. The van der Waals surface area contributed by atoms with Gasteiger partial charge in [-0.1, -0.05) is 166 Å². The molecule has 0 amide bonds. The number of hydrogen-bond acceptors (Lipinski definition) is 4. The van der Waals surface area contributed by atoms with Crippen LogP contribution in [0.15, 0.2) is 190 Å². The highest BCUT2D eigenvalue weighted by molar-refractivity contribution is 5.98. The van der Waals surface area contributed by atoms with Gasteiger partial charge in [-0.15, -0.1) is 0 Å². The van der Waals surface area contributed by atoms with E-state index in [4.69, 9.17) is 15.0 Å². The Bertz CT molecular complexity index is 3210. The molecule has 3 aromatic heterocycles. The molecule has 6 heteroatoms. The van der Waals surface area contributed by atoms with Crippen molar-refractivity contribution in [2.45, 2.75) is 26.8 Å². The Morgan fingerprint density at radius 3 is 2.16 bits per heavy atom. The topological polar surface area (TPSA) is 51.8 Å². The Hall–Kier alpha value is -7.83. The minimum absolute atomic E-state index is 0.426. The van der Waals surface area contributed by atoms with Crippen molar-refractivity contribution in [3.63, 3.8) is 0 Å². The van der Waals surface area contributed by atoms with Gasteiger partial charge in [0.1, 0.15) is 0 Å². The maximum absolute atomic E-state index is 5.48. The summed E-state index contributed by atoms with van der Waals surface area (Å²) in [5, 5.41) is 4.23. The summed E-state index contributed by atoms with van der Waals surface area (Å²) in [4.78, 5) is 18.3. The third-order valence-electron chi connectivity index (χ3n) is 11.2. The van der Waals surface area contributed by atoms with Crippen LogP contribution >= 0.6 is 0 Å². The highest BCUT2D eigenvalue weighted by Crippen LogP contribution is 2.40. The number of benzene rings is 5. The van der Waals surface area contributed by atoms with Crippen molar-refractivity contribution in [2.24, 2.45) is 0 Å². The number of anilines is 2. The molecule has 61 heavy (non-hydrogen) atoms. The molecular formula is C55H46N6. The van der Waals surface area contributed by atoms with Crippen LogP contribution in [0.2, 0.25) is 0 Å². The number of para-hydroxylation sites is 4. The quantitative estimate of drug-likeness (QED) is 0.137. The summed E-state index contributed by atoms with van der Waals surface area (Å²) < 4.78 is 4.64. The lowest BCUT2D eigenvalue weighted by Gasteiger charge is -2.27. The maximum atomic E-state index is 5.48. The highest BCUT2D eigenvalue weighted by Gasteiger charge is 2.27. The van der Waals surface area contributed by atoms with E-state index < -0.39 is 0 Å². The molecule has 0 unspecified atom stereocenters. The second-order valence-electron chi connectivity index (χ2n) is 14.8. The van der Waals surface area contributed by atoms with Crippen molar-refractivity contribution in [1.82, 2.24) is 24.1 Å². The second kappa shape index (κ2) is 16.8. The molecule has 0 bridgehead atoms. The van der Waals surface area contributed by atoms with Gasteiger partial charge in [0, 0.05) is 49.6 Å². The van der Waals surface area contributed by atoms with Crippen LogP contribution in [0.5, 0.6) is 0 Å². The van der Waals surface area contributed by atoms with E-state index in [9.17, 15) is 0 Å². The first-order chi connectivity index (χ1) is 30.0. The predicted octanol–water partition coefficient (Wildman–Crippen LogP) is 12.0. The Balaban J connectivity index is 1.38. The molecule has 0 spiro atoms. The lowest BCUT2D eigenvalue weighted by molar-refractivity contribution is 0.848. The lowest BCUT2D eigenvalue weighted by Crippen LogP contribution is -2.31. The molecular weight excluding hydrogens is 745 g/mol. The summed E-state index contributed by atoms with van der Waals surface area (Å²) in [5.74, 6) is 1.58. The van der Waals surface area contributed by atoms with E-state index in [-0.39, 0.29) is 0 Å². The summed E-state index contributed by atoms with van der Waals surface area (Å²) >= 11 is 0. The maximum Gasteiger partial charge on any atom is 0.234 e. The monoisotopic (exact) mass is 790 g/mol. The van der Waals surface area contributed by atoms with Crippen molar-refractivity contribution in [3.05, 3.63) is 223 Å². The first-order valence-corrected chi connectivity index (χ1v) is 20.7. The average molecular weight is 791 g/mol. The van der Waals surface area contributed by atoms with Crippen LogP contribution in [0.4, 0.5) is 11.6 Å². The number of aromatic nitrogens is 5. The summed E-state index contributed by atoms with van der Waals surface area (Å²) in [6, 6.07) is 46.0. The standard InChI is InChI=1S/C55H46N6/c1-6-10-26-40(23-7-2)61-49-33-21-18-30-44(49)45-36-35-38(5)43-29-17-20-32-48(43)59(37-51(45)61)55-57-53(39-24-13-11-14-25-39)56-54(58-55)42(8-3)52-46-31-19-22-34-50(46)60(47(52)9-4)41-27-15-12-16-28-41/h7-36H,2-3,5-6,37H2,1,4H3/b26-10+,36-35-,40-23+,47-9+,52-42+. The van der Waals surface area contributed by atoms with E-state index in [1.807, 2.05) is 48.6 Å². The molecule has 8 aromatic rings. The molecule has 4 heterocycles. The van der Waals surface area contributed by atoms with Crippen molar-refractivity contribution >= 4 is 62.4 Å². The van der Waals surface area contributed by atoms with E-state index in [1.54, 1.807) is 0 Å². The third-order valence-corrected chi connectivity index (χ3v) is 11.2. The summed E-state index contributed by atoms with van der Waals surface area (Å²) in [6.45, 7) is 17.8. The number of allylic oxidation sites excluding steroid dienone is 8. The fourth-order valence-electron chi connectivity index (χ4n) is 8.48. The van der Waals surface area contributed by atoms with Crippen molar-refractivity contribution in [1.29, 1.82) is 0 Å². The largest absolute Gasteiger partial charge is 0.311 e. The van der Waals surface area contributed by atoms with Gasteiger partial charge >= 0.3 is 0 Å². The third kappa shape index (κ3) is 6.98. The van der Waals surface area contributed by atoms with E-state index in [1.165, 1.54) is 0 Å². The van der Waals surface area contributed by atoms with Crippen LogP contribution in [0.3, 0.4) is 0 Å². The van der Waals surface area contributed by atoms with Crippen LogP contribution in [-0.4, -0.2) is 24.1 Å². The molecule has 0 atom stereocenters. The van der Waals surface area contributed by atoms with Gasteiger partial charge in [0.05, 0.1) is 34.3 Å². The summed E-state index contributed by atoms with van der Waals surface area (Å²) in [7, 11) is 0. The van der Waals surface area contributed by atoms with Gasteiger partial charge in [-0.3, -0.25) is 0 Å². The molecule has 0 N–H and O–H groups in total. The molecule has 5 aromatic carbocycles. The number of fused-ring (bicyclic) bond motifs is 5. The zero-order chi connectivity index (χ0) is 41.9. The van der Waals surface area contributed by atoms with Crippen LogP contribution in [-0.2, 0) is 6.54 Å². The van der Waals surface area contributed by atoms with E-state index in [2.05, 4.69) is 181 Å². The van der Waals surface area contributed by atoms with Gasteiger partial charge in [0.15, 0.2) is 11.6 Å². The lowest BCUT2D eigenvalue weighted by atomic mass is 10.0. The first-order valence-electron chi connectivity index (χ1n) is 20.7. The molecule has 0 aliphatic carbocycles. The minimum Gasteiger partial charge on any atom is -0.311 e. The molecule has 296 valence electrons. The second-order valence-corrected chi connectivity index (χ2v) is 14.8. The normalized spacial score (nSPS) is 14.4. The summed E-state index contributed by atoms with van der Waals surface area (Å²) in [6.07, 6.45) is 17.6. The van der Waals surface area contributed by atoms with Crippen molar-refractivity contribution in [2.75, 3.05) is 4.90 Å². The van der Waals surface area contributed by atoms with Gasteiger partial charge < -0.3 is 14.0 Å². The first kappa shape index (κ1) is 38.7. The van der Waals surface area contributed by atoms with E-state index in [0.29, 0.717) is 24.1 Å². The molecule has 0 radical (unpaired) electrons.